The lowest BCUT2D eigenvalue weighted by molar-refractivity contribution is -0.148. The Balaban J connectivity index is 1.76. The lowest BCUT2D eigenvalue weighted by Crippen LogP contribution is -2.60. The summed E-state index contributed by atoms with van der Waals surface area (Å²) in [7, 11) is 0. The van der Waals surface area contributed by atoms with Gasteiger partial charge in [0.1, 0.15) is 6.61 Å². The molecule has 0 saturated carbocycles. The normalized spacial score (nSPS) is 24.9. The van der Waals surface area contributed by atoms with Crippen LogP contribution in [-0.4, -0.2) is 49.2 Å². The van der Waals surface area contributed by atoms with Crippen molar-refractivity contribution in [3.05, 3.63) is 0 Å². The molecule has 1 N–H and O–H groups in total. The topological polar surface area (TPSA) is 41.6 Å². The minimum atomic E-state index is -0.123. The van der Waals surface area contributed by atoms with E-state index in [1.165, 1.54) is 12.8 Å². The average molecular weight is 268 g/mol. The molecule has 0 bridgehead atoms. The van der Waals surface area contributed by atoms with Crippen LogP contribution in [0.3, 0.4) is 0 Å². The Morgan fingerprint density at radius 3 is 2.21 bits per heavy atom. The molecule has 2 fully saturated rings. The molecule has 0 radical (unpaired) electrons. The van der Waals surface area contributed by atoms with Crippen LogP contribution in [0.2, 0.25) is 0 Å². The average Bonchev–Trinajstić information content (AvgIpc) is 2.42. The molecule has 0 aromatic rings. The molecular weight excluding hydrogens is 240 g/mol. The summed E-state index contributed by atoms with van der Waals surface area (Å²) in [4.78, 5) is 14.1. The van der Waals surface area contributed by atoms with Gasteiger partial charge in [0.25, 0.3) is 0 Å². The van der Waals surface area contributed by atoms with Crippen molar-refractivity contribution in [2.75, 3.05) is 32.8 Å². The van der Waals surface area contributed by atoms with E-state index in [1.54, 1.807) is 0 Å². The van der Waals surface area contributed by atoms with Gasteiger partial charge in [-0.2, -0.15) is 0 Å². The quantitative estimate of drug-likeness (QED) is 0.826. The Kier molecular flexibility index (Phi) is 4.51. The monoisotopic (exact) mass is 268 g/mol. The maximum absolute atomic E-state index is 12.2. The molecule has 1 amide bonds. The first-order valence-corrected chi connectivity index (χ1v) is 7.65. The molecule has 2 heterocycles. The second-order valence-corrected chi connectivity index (χ2v) is 6.43. The fourth-order valence-corrected chi connectivity index (χ4v) is 3.09. The van der Waals surface area contributed by atoms with Crippen molar-refractivity contribution >= 4 is 5.91 Å². The van der Waals surface area contributed by atoms with E-state index in [2.05, 4.69) is 26.1 Å². The summed E-state index contributed by atoms with van der Waals surface area (Å²) in [6.07, 6.45) is 4.74. The summed E-state index contributed by atoms with van der Waals surface area (Å²) in [6, 6.07) is 0. The number of nitrogens with one attached hydrogen (secondary N) is 1. The molecule has 0 aromatic carbocycles. The number of hydrogen-bond donors (Lipinski definition) is 1. The third-order valence-corrected chi connectivity index (χ3v) is 5.22. The zero-order chi connectivity index (χ0) is 13.9. The number of hydrogen-bond acceptors (Lipinski definition) is 3. The molecule has 2 rings (SSSR count). The summed E-state index contributed by atoms with van der Waals surface area (Å²) in [5.41, 5.74) is 0.351. The lowest BCUT2D eigenvalue weighted by Gasteiger charge is -2.42. The second kappa shape index (κ2) is 5.80. The molecule has 19 heavy (non-hydrogen) atoms. The summed E-state index contributed by atoms with van der Waals surface area (Å²) in [5, 5.41) is 3.18. The van der Waals surface area contributed by atoms with Crippen molar-refractivity contribution in [3.8, 4) is 0 Å². The molecule has 0 aromatic heterocycles. The Morgan fingerprint density at radius 2 is 1.79 bits per heavy atom. The molecule has 0 unspecified atom stereocenters. The number of likely N-dealkylation sites (tertiary alicyclic amines) is 1. The standard InChI is InChI=1S/C15H28N2O2/c1-4-15(5-2)6-8-17(9-7-15)13(18)10-19-14(3)11-16-12-14/h16H,4-12H2,1-3H3. The van der Waals surface area contributed by atoms with Gasteiger partial charge < -0.3 is 15.0 Å². The molecule has 0 atom stereocenters. The van der Waals surface area contributed by atoms with Crippen molar-refractivity contribution in [1.82, 2.24) is 10.2 Å². The van der Waals surface area contributed by atoms with E-state index in [4.69, 9.17) is 4.74 Å². The van der Waals surface area contributed by atoms with E-state index >= 15 is 0 Å². The minimum absolute atomic E-state index is 0.123. The number of piperidine rings is 1. The zero-order valence-corrected chi connectivity index (χ0v) is 12.6. The van der Waals surface area contributed by atoms with Crippen LogP contribution < -0.4 is 5.32 Å². The predicted molar refractivity (Wildman–Crippen MR) is 76.1 cm³/mol. The molecule has 2 aliphatic heterocycles. The first-order valence-electron chi connectivity index (χ1n) is 7.65. The summed E-state index contributed by atoms with van der Waals surface area (Å²) in [5.74, 6) is 0.161. The molecule has 2 saturated heterocycles. The third-order valence-electron chi connectivity index (χ3n) is 5.22. The fourth-order valence-electron chi connectivity index (χ4n) is 3.09. The number of ether oxygens (including phenoxy) is 1. The van der Waals surface area contributed by atoms with Gasteiger partial charge >= 0.3 is 0 Å². The van der Waals surface area contributed by atoms with Crippen molar-refractivity contribution in [3.63, 3.8) is 0 Å². The predicted octanol–water partition coefficient (Wildman–Crippen LogP) is 1.79. The first-order chi connectivity index (χ1) is 9.02. The van der Waals surface area contributed by atoms with Gasteiger partial charge in [-0.3, -0.25) is 4.79 Å². The van der Waals surface area contributed by atoms with Gasteiger partial charge in [0.15, 0.2) is 0 Å². The van der Waals surface area contributed by atoms with Crippen LogP contribution in [0.1, 0.15) is 46.5 Å². The van der Waals surface area contributed by atoms with E-state index in [9.17, 15) is 4.79 Å². The van der Waals surface area contributed by atoms with Gasteiger partial charge in [-0.25, -0.2) is 0 Å². The first kappa shape index (κ1) is 14.8. The number of rotatable bonds is 5. The van der Waals surface area contributed by atoms with E-state index in [0.29, 0.717) is 5.41 Å². The van der Waals surface area contributed by atoms with Crippen LogP contribution in [0.25, 0.3) is 0 Å². The van der Waals surface area contributed by atoms with Gasteiger partial charge in [0.2, 0.25) is 5.91 Å². The molecular formula is C15H28N2O2. The number of nitrogens with zero attached hydrogens (tertiary/aromatic N) is 1. The highest BCUT2D eigenvalue weighted by Gasteiger charge is 2.35. The van der Waals surface area contributed by atoms with Crippen LogP contribution in [-0.2, 0) is 9.53 Å². The van der Waals surface area contributed by atoms with E-state index in [0.717, 1.165) is 39.0 Å². The highest BCUT2D eigenvalue weighted by atomic mass is 16.5. The largest absolute Gasteiger partial charge is 0.363 e. The van der Waals surface area contributed by atoms with Crippen molar-refractivity contribution in [2.24, 2.45) is 5.41 Å². The zero-order valence-electron chi connectivity index (χ0n) is 12.6. The molecule has 0 spiro atoms. The molecule has 4 nitrogen and oxygen atoms in total. The van der Waals surface area contributed by atoms with Crippen LogP contribution in [0.15, 0.2) is 0 Å². The van der Waals surface area contributed by atoms with Crippen molar-refractivity contribution in [1.29, 1.82) is 0 Å². The Labute approximate surface area is 116 Å². The maximum atomic E-state index is 12.2. The van der Waals surface area contributed by atoms with Gasteiger partial charge in [0, 0.05) is 26.2 Å². The number of carbonyl (C=O) groups is 1. The maximum Gasteiger partial charge on any atom is 0.248 e. The summed E-state index contributed by atoms with van der Waals surface area (Å²) in [6.45, 7) is 10.4. The van der Waals surface area contributed by atoms with Gasteiger partial charge in [-0.05, 0) is 25.2 Å². The number of amides is 1. The Bertz CT molecular complexity index is 312. The van der Waals surface area contributed by atoms with Crippen molar-refractivity contribution in [2.45, 2.75) is 52.1 Å². The molecule has 110 valence electrons. The smallest absolute Gasteiger partial charge is 0.248 e. The van der Waals surface area contributed by atoms with E-state index < -0.39 is 0 Å². The molecule has 4 heteroatoms. The SMILES string of the molecule is CCC1(CC)CCN(C(=O)COC2(C)CNC2)CC1. The van der Waals surface area contributed by atoms with E-state index in [-0.39, 0.29) is 18.1 Å². The highest BCUT2D eigenvalue weighted by Crippen LogP contribution is 2.37. The van der Waals surface area contributed by atoms with Crippen LogP contribution in [0.4, 0.5) is 0 Å². The highest BCUT2D eigenvalue weighted by molar-refractivity contribution is 5.77. The Morgan fingerprint density at radius 1 is 1.21 bits per heavy atom. The fraction of sp³-hybridized carbons (Fsp3) is 0.933. The van der Waals surface area contributed by atoms with Crippen LogP contribution >= 0.6 is 0 Å². The molecule has 2 aliphatic rings. The van der Waals surface area contributed by atoms with Gasteiger partial charge in [-0.1, -0.05) is 26.7 Å². The van der Waals surface area contributed by atoms with Crippen molar-refractivity contribution < 1.29 is 9.53 Å². The summed E-state index contributed by atoms with van der Waals surface area (Å²) >= 11 is 0. The molecule has 0 aliphatic carbocycles. The van der Waals surface area contributed by atoms with Crippen LogP contribution in [0.5, 0.6) is 0 Å². The third kappa shape index (κ3) is 3.29. The Hall–Kier alpha value is -0.610. The summed E-state index contributed by atoms with van der Waals surface area (Å²) < 4.78 is 5.73. The number of carbonyl (C=O) groups excluding carboxylic acids is 1. The van der Waals surface area contributed by atoms with E-state index in [1.807, 2.05) is 4.90 Å². The van der Waals surface area contributed by atoms with Gasteiger partial charge in [-0.15, -0.1) is 0 Å². The lowest BCUT2D eigenvalue weighted by atomic mass is 9.74. The minimum Gasteiger partial charge on any atom is -0.363 e. The second-order valence-electron chi connectivity index (χ2n) is 6.43. The van der Waals surface area contributed by atoms with Crippen LogP contribution in [0, 0.1) is 5.41 Å². The van der Waals surface area contributed by atoms with Gasteiger partial charge in [0.05, 0.1) is 5.60 Å².